The quantitative estimate of drug-likeness (QED) is 0.788. The third-order valence-electron chi connectivity index (χ3n) is 2.78. The molecule has 1 aromatic rings. The van der Waals surface area contributed by atoms with Crippen molar-refractivity contribution in [3.63, 3.8) is 0 Å². The summed E-state index contributed by atoms with van der Waals surface area (Å²) in [6.07, 6.45) is 1.09. The average molecular weight is 191 g/mol. The van der Waals surface area contributed by atoms with Gasteiger partial charge in [0.15, 0.2) is 0 Å². The predicted molar refractivity (Wildman–Crippen MR) is 58.0 cm³/mol. The minimum atomic E-state index is 0.554. The van der Waals surface area contributed by atoms with Crippen molar-refractivity contribution in [3.8, 4) is 5.75 Å². The number of rotatable bonds is 3. The summed E-state index contributed by atoms with van der Waals surface area (Å²) in [6.45, 7) is 4.10. The van der Waals surface area contributed by atoms with Crippen LogP contribution in [0.25, 0.3) is 0 Å². The Kier molecular flexibility index (Phi) is 2.73. The largest absolute Gasteiger partial charge is 0.493 e. The lowest BCUT2D eigenvalue weighted by molar-refractivity contribution is 0.337. The van der Waals surface area contributed by atoms with E-state index >= 15 is 0 Å². The van der Waals surface area contributed by atoms with Gasteiger partial charge in [0.05, 0.1) is 6.61 Å². The van der Waals surface area contributed by atoms with Gasteiger partial charge in [0.1, 0.15) is 5.75 Å². The molecule has 1 heterocycles. The van der Waals surface area contributed by atoms with E-state index in [-0.39, 0.29) is 0 Å². The highest BCUT2D eigenvalue weighted by Crippen LogP contribution is 2.36. The first-order chi connectivity index (χ1) is 6.83. The van der Waals surface area contributed by atoms with Crippen molar-refractivity contribution < 1.29 is 4.74 Å². The van der Waals surface area contributed by atoms with Gasteiger partial charge in [0.2, 0.25) is 0 Å². The summed E-state index contributed by atoms with van der Waals surface area (Å²) in [5, 5.41) is 3.18. The predicted octanol–water partition coefficient (Wildman–Crippen LogP) is 1.94. The smallest absolute Gasteiger partial charge is 0.123 e. The van der Waals surface area contributed by atoms with Crippen molar-refractivity contribution in [3.05, 3.63) is 29.3 Å². The molecule has 1 aromatic carbocycles. The molecule has 14 heavy (non-hydrogen) atoms. The lowest BCUT2D eigenvalue weighted by Crippen LogP contribution is -2.11. The van der Waals surface area contributed by atoms with E-state index in [1.807, 2.05) is 7.05 Å². The van der Waals surface area contributed by atoms with Crippen LogP contribution in [-0.4, -0.2) is 20.2 Å². The van der Waals surface area contributed by atoms with Crippen molar-refractivity contribution in [2.75, 3.05) is 20.2 Å². The molecule has 0 aromatic heterocycles. The van der Waals surface area contributed by atoms with Gasteiger partial charge in [-0.3, -0.25) is 0 Å². The molecule has 0 spiro atoms. The Bertz CT molecular complexity index is 322. The Hall–Kier alpha value is -1.02. The van der Waals surface area contributed by atoms with Gasteiger partial charge in [-0.1, -0.05) is 19.1 Å². The summed E-state index contributed by atoms with van der Waals surface area (Å²) in [5.74, 6) is 1.64. The van der Waals surface area contributed by atoms with E-state index in [1.54, 1.807) is 0 Å². The topological polar surface area (TPSA) is 21.3 Å². The van der Waals surface area contributed by atoms with E-state index in [4.69, 9.17) is 4.74 Å². The van der Waals surface area contributed by atoms with Crippen LogP contribution in [0.5, 0.6) is 5.75 Å². The lowest BCUT2D eigenvalue weighted by Gasteiger charge is -2.08. The molecule has 0 saturated heterocycles. The maximum atomic E-state index is 5.61. The second-order valence-corrected chi connectivity index (χ2v) is 3.89. The Morgan fingerprint density at radius 3 is 3.14 bits per heavy atom. The monoisotopic (exact) mass is 191 g/mol. The highest BCUT2D eigenvalue weighted by molar-refractivity contribution is 5.45. The van der Waals surface area contributed by atoms with Crippen molar-refractivity contribution in [2.24, 2.45) is 0 Å². The van der Waals surface area contributed by atoms with E-state index in [1.165, 1.54) is 11.1 Å². The first-order valence-corrected chi connectivity index (χ1v) is 5.22. The molecule has 76 valence electrons. The maximum Gasteiger partial charge on any atom is 0.123 e. The van der Waals surface area contributed by atoms with Crippen LogP contribution in [0.2, 0.25) is 0 Å². The fourth-order valence-electron chi connectivity index (χ4n) is 2.05. The molecule has 1 unspecified atom stereocenters. The van der Waals surface area contributed by atoms with Crippen LogP contribution >= 0.6 is 0 Å². The molecule has 0 bridgehead atoms. The Morgan fingerprint density at radius 2 is 2.36 bits per heavy atom. The van der Waals surface area contributed by atoms with E-state index in [0.717, 1.165) is 25.3 Å². The number of fused-ring (bicyclic) bond motifs is 1. The average Bonchev–Trinajstić information content (AvgIpc) is 2.58. The van der Waals surface area contributed by atoms with Crippen molar-refractivity contribution in [2.45, 2.75) is 19.3 Å². The zero-order valence-electron chi connectivity index (χ0n) is 8.84. The van der Waals surface area contributed by atoms with E-state index in [0.29, 0.717) is 5.92 Å². The Labute approximate surface area is 85.3 Å². The third kappa shape index (κ3) is 1.62. The standard InChI is InChI=1S/C12H17NO/c1-9-8-14-11-5-3-4-10(12(9)11)6-7-13-2/h3-5,9,13H,6-8H2,1-2H3. The van der Waals surface area contributed by atoms with E-state index in [9.17, 15) is 0 Å². The van der Waals surface area contributed by atoms with Gasteiger partial charge in [0.25, 0.3) is 0 Å². The van der Waals surface area contributed by atoms with Gasteiger partial charge >= 0.3 is 0 Å². The zero-order valence-corrected chi connectivity index (χ0v) is 8.84. The number of likely N-dealkylation sites (N-methyl/N-ethyl adjacent to an activating group) is 1. The van der Waals surface area contributed by atoms with Crippen molar-refractivity contribution in [1.82, 2.24) is 5.32 Å². The number of ether oxygens (including phenoxy) is 1. The van der Waals surface area contributed by atoms with E-state index < -0.39 is 0 Å². The molecule has 1 atom stereocenters. The van der Waals surface area contributed by atoms with Gasteiger partial charge in [-0.05, 0) is 31.6 Å². The van der Waals surface area contributed by atoms with Crippen molar-refractivity contribution >= 4 is 0 Å². The molecule has 2 nitrogen and oxygen atoms in total. The minimum absolute atomic E-state index is 0.554. The molecule has 1 aliphatic rings. The molecular formula is C12H17NO. The zero-order chi connectivity index (χ0) is 9.97. The SMILES string of the molecule is CNCCc1cccc2c1C(C)CO2. The second-order valence-electron chi connectivity index (χ2n) is 3.89. The second kappa shape index (κ2) is 4.01. The van der Waals surface area contributed by atoms with Gasteiger partial charge in [-0.15, -0.1) is 0 Å². The number of benzene rings is 1. The minimum Gasteiger partial charge on any atom is -0.493 e. The highest BCUT2D eigenvalue weighted by atomic mass is 16.5. The highest BCUT2D eigenvalue weighted by Gasteiger charge is 2.22. The molecule has 0 fully saturated rings. The first-order valence-electron chi connectivity index (χ1n) is 5.22. The Balaban J connectivity index is 2.27. The fourth-order valence-corrected chi connectivity index (χ4v) is 2.05. The van der Waals surface area contributed by atoms with Gasteiger partial charge in [-0.2, -0.15) is 0 Å². The lowest BCUT2D eigenvalue weighted by atomic mass is 9.95. The molecule has 0 aliphatic carbocycles. The number of hydrogen-bond donors (Lipinski definition) is 1. The molecule has 1 aliphatic heterocycles. The summed E-state index contributed by atoms with van der Waals surface area (Å²) in [4.78, 5) is 0. The first kappa shape index (κ1) is 9.53. The van der Waals surface area contributed by atoms with Crippen LogP contribution in [0.4, 0.5) is 0 Å². The molecule has 0 radical (unpaired) electrons. The van der Waals surface area contributed by atoms with Crippen LogP contribution in [0.1, 0.15) is 24.0 Å². The summed E-state index contributed by atoms with van der Waals surface area (Å²) in [5.41, 5.74) is 2.85. The molecule has 2 heteroatoms. The van der Waals surface area contributed by atoms with Crippen LogP contribution < -0.4 is 10.1 Å². The summed E-state index contributed by atoms with van der Waals surface area (Å²) in [7, 11) is 1.99. The molecular weight excluding hydrogens is 174 g/mol. The molecule has 0 amide bonds. The molecule has 1 N–H and O–H groups in total. The van der Waals surface area contributed by atoms with E-state index in [2.05, 4.69) is 30.4 Å². The van der Waals surface area contributed by atoms with Crippen LogP contribution in [0, 0.1) is 0 Å². The number of hydrogen-bond acceptors (Lipinski definition) is 2. The van der Waals surface area contributed by atoms with Gasteiger partial charge in [-0.25, -0.2) is 0 Å². The molecule has 0 saturated carbocycles. The molecule has 2 rings (SSSR count). The van der Waals surface area contributed by atoms with Gasteiger partial charge in [0, 0.05) is 11.5 Å². The van der Waals surface area contributed by atoms with Crippen LogP contribution in [0.3, 0.4) is 0 Å². The van der Waals surface area contributed by atoms with Crippen LogP contribution in [-0.2, 0) is 6.42 Å². The maximum absolute atomic E-state index is 5.61. The van der Waals surface area contributed by atoms with Crippen molar-refractivity contribution in [1.29, 1.82) is 0 Å². The summed E-state index contributed by atoms with van der Waals surface area (Å²) >= 11 is 0. The van der Waals surface area contributed by atoms with Crippen LogP contribution in [0.15, 0.2) is 18.2 Å². The number of nitrogens with one attached hydrogen (secondary N) is 1. The fraction of sp³-hybridized carbons (Fsp3) is 0.500. The summed E-state index contributed by atoms with van der Waals surface area (Å²) < 4.78 is 5.61. The Morgan fingerprint density at radius 1 is 1.50 bits per heavy atom. The van der Waals surface area contributed by atoms with Gasteiger partial charge < -0.3 is 10.1 Å². The third-order valence-corrected chi connectivity index (χ3v) is 2.78. The summed E-state index contributed by atoms with van der Waals surface area (Å²) in [6, 6.07) is 6.37. The normalized spacial score (nSPS) is 19.1.